The maximum atomic E-state index is 10.9. The molecule has 0 aliphatic carbocycles. The summed E-state index contributed by atoms with van der Waals surface area (Å²) in [5.74, 6) is 0.187. The van der Waals surface area contributed by atoms with Crippen LogP contribution < -0.4 is 0 Å². The van der Waals surface area contributed by atoms with Crippen LogP contribution in [0.2, 0.25) is 0 Å². The highest BCUT2D eigenvalue weighted by atomic mass is 17.0. The summed E-state index contributed by atoms with van der Waals surface area (Å²) >= 11 is 0. The Hall–Kier alpha value is -1.21. The molecular weight excluding hydrogens is 408 g/mol. The first-order valence-corrected chi connectivity index (χ1v) is 12.2. The molecule has 0 saturated carbocycles. The summed E-state index contributed by atoms with van der Waals surface area (Å²) < 4.78 is 23.7. The lowest BCUT2D eigenvalue weighted by Crippen LogP contribution is -2.39. The van der Waals surface area contributed by atoms with Gasteiger partial charge >= 0.3 is 12.1 Å². The Kier molecular flexibility index (Phi) is 14.0. The van der Waals surface area contributed by atoms with E-state index in [1.165, 1.54) is 11.1 Å². The first-order valence-electron chi connectivity index (χ1n) is 12.2. The second kappa shape index (κ2) is 15.6. The number of hydrogen-bond acceptors (Lipinski definition) is 5. The van der Waals surface area contributed by atoms with Gasteiger partial charge in [0.15, 0.2) is 0 Å². The van der Waals surface area contributed by atoms with Crippen LogP contribution in [-0.4, -0.2) is 43.2 Å². The number of carboxylic acid groups (broad SMARTS) is 1. The van der Waals surface area contributed by atoms with Crippen LogP contribution in [0.3, 0.4) is 0 Å². The second-order valence-corrected chi connectivity index (χ2v) is 9.69. The predicted molar refractivity (Wildman–Crippen MR) is 127 cm³/mol. The van der Waals surface area contributed by atoms with E-state index in [4.69, 9.17) is 24.1 Å². The van der Waals surface area contributed by atoms with Gasteiger partial charge in [0.1, 0.15) is 0 Å². The van der Waals surface area contributed by atoms with Crippen molar-refractivity contribution >= 4 is 5.97 Å². The summed E-state index contributed by atoms with van der Waals surface area (Å²) in [6.45, 7) is 14.1. The van der Waals surface area contributed by atoms with Gasteiger partial charge in [-0.05, 0) is 84.5 Å². The molecule has 0 aromatic heterocycles. The molecule has 3 unspecified atom stereocenters. The highest BCUT2D eigenvalue weighted by molar-refractivity contribution is 5.66. The third-order valence-electron chi connectivity index (χ3n) is 5.64. The number of carbonyl (C=O) groups is 1. The largest absolute Gasteiger partial charge is 0.481 e. The van der Waals surface area contributed by atoms with Crippen LogP contribution in [-0.2, 0) is 23.7 Å². The van der Waals surface area contributed by atoms with Crippen LogP contribution in [0.5, 0.6) is 0 Å². The van der Waals surface area contributed by atoms with E-state index in [0.717, 1.165) is 38.5 Å². The van der Waals surface area contributed by atoms with Gasteiger partial charge in [-0.3, -0.25) is 9.53 Å². The number of ether oxygens (including phenoxy) is 4. The van der Waals surface area contributed by atoms with Crippen molar-refractivity contribution in [1.29, 1.82) is 0 Å². The molecular formula is C26H46O6. The lowest BCUT2D eigenvalue weighted by Gasteiger charge is -2.28. The minimum Gasteiger partial charge on any atom is -0.481 e. The van der Waals surface area contributed by atoms with Gasteiger partial charge in [-0.1, -0.05) is 37.1 Å². The van der Waals surface area contributed by atoms with Crippen LogP contribution in [0.4, 0.5) is 0 Å². The van der Waals surface area contributed by atoms with Crippen molar-refractivity contribution in [2.24, 2.45) is 11.8 Å². The summed E-state index contributed by atoms with van der Waals surface area (Å²) in [6.07, 6.45) is 9.20. The number of hydrogen-bond donors (Lipinski definition) is 1. The standard InChI is InChI=1S/C26H46O6/c1-20(2)9-7-11-22(5)15-17-29-26(31-19-24(32-26)13-14-25(27)28)30-18-16-23(6)12-8-10-21(3)4/h9-10,22-24H,7-8,11-19H2,1-6H3,(H,27,28). The van der Waals surface area contributed by atoms with Crippen LogP contribution in [0.1, 0.15) is 92.9 Å². The summed E-state index contributed by atoms with van der Waals surface area (Å²) in [7, 11) is 0. The molecule has 6 nitrogen and oxygen atoms in total. The van der Waals surface area contributed by atoms with Gasteiger partial charge in [0.2, 0.25) is 0 Å². The zero-order valence-corrected chi connectivity index (χ0v) is 21.2. The molecule has 6 heteroatoms. The SMILES string of the molecule is CC(C)=CCCC(C)CCOC1(OCCC(C)CCC=C(C)C)OCC(CCC(=O)O)O1. The number of rotatable bonds is 17. The fourth-order valence-electron chi connectivity index (χ4n) is 3.46. The van der Waals surface area contributed by atoms with Gasteiger partial charge in [0.05, 0.1) is 25.9 Å². The van der Waals surface area contributed by atoms with E-state index in [0.29, 0.717) is 31.5 Å². The maximum absolute atomic E-state index is 10.9. The molecule has 0 aromatic rings. The minimum atomic E-state index is -1.51. The Labute approximate surface area is 195 Å². The Morgan fingerprint density at radius 1 is 0.969 bits per heavy atom. The molecule has 1 aliphatic heterocycles. The molecule has 0 radical (unpaired) electrons. The molecule has 0 bridgehead atoms. The lowest BCUT2D eigenvalue weighted by atomic mass is 10.0. The van der Waals surface area contributed by atoms with Gasteiger partial charge in [-0.2, -0.15) is 0 Å². The van der Waals surface area contributed by atoms with Crippen LogP contribution in [0.25, 0.3) is 0 Å². The molecule has 0 aromatic carbocycles. The number of carboxylic acids is 1. The van der Waals surface area contributed by atoms with E-state index in [1.807, 2.05) is 0 Å². The molecule has 0 amide bonds. The fourth-order valence-corrected chi connectivity index (χ4v) is 3.46. The molecule has 1 saturated heterocycles. The highest BCUT2D eigenvalue weighted by Crippen LogP contribution is 2.30. The molecule has 1 heterocycles. The molecule has 1 fully saturated rings. The van der Waals surface area contributed by atoms with Gasteiger partial charge in [-0.25, -0.2) is 0 Å². The van der Waals surface area contributed by atoms with E-state index < -0.39 is 12.1 Å². The Morgan fingerprint density at radius 3 is 1.91 bits per heavy atom. The number of allylic oxidation sites excluding steroid dienone is 4. The third-order valence-corrected chi connectivity index (χ3v) is 5.64. The zero-order valence-electron chi connectivity index (χ0n) is 21.2. The zero-order chi connectivity index (χ0) is 24.0. The fraction of sp³-hybridized carbons (Fsp3) is 0.808. The molecule has 1 N–H and O–H groups in total. The van der Waals surface area contributed by atoms with Gasteiger partial charge in [0.25, 0.3) is 0 Å². The van der Waals surface area contributed by atoms with Crippen molar-refractivity contribution in [1.82, 2.24) is 0 Å². The average Bonchev–Trinajstić information content (AvgIpc) is 3.09. The molecule has 0 spiro atoms. The van der Waals surface area contributed by atoms with E-state index in [-0.39, 0.29) is 19.1 Å². The number of aliphatic carboxylic acids is 1. The monoisotopic (exact) mass is 454 g/mol. The molecule has 1 rings (SSSR count). The van der Waals surface area contributed by atoms with E-state index in [1.54, 1.807) is 0 Å². The normalized spacial score (nSPS) is 22.4. The second-order valence-electron chi connectivity index (χ2n) is 9.69. The molecule has 1 aliphatic rings. The van der Waals surface area contributed by atoms with E-state index >= 15 is 0 Å². The Balaban J connectivity index is 2.52. The summed E-state index contributed by atoms with van der Waals surface area (Å²) in [4.78, 5) is 10.9. The van der Waals surface area contributed by atoms with Crippen molar-refractivity contribution in [2.45, 2.75) is 105 Å². The first-order chi connectivity index (χ1) is 15.1. The third kappa shape index (κ3) is 13.4. The van der Waals surface area contributed by atoms with Crippen LogP contribution in [0, 0.1) is 11.8 Å². The first kappa shape index (κ1) is 28.8. The summed E-state index contributed by atoms with van der Waals surface area (Å²) in [5.41, 5.74) is 2.69. The molecule has 32 heavy (non-hydrogen) atoms. The molecule has 186 valence electrons. The summed E-state index contributed by atoms with van der Waals surface area (Å²) in [6, 6.07) is 0. The van der Waals surface area contributed by atoms with Crippen molar-refractivity contribution in [3.8, 4) is 0 Å². The molecule has 3 atom stereocenters. The highest BCUT2D eigenvalue weighted by Gasteiger charge is 2.45. The van der Waals surface area contributed by atoms with Gasteiger partial charge in [-0.15, -0.1) is 0 Å². The van der Waals surface area contributed by atoms with Crippen LogP contribution in [0.15, 0.2) is 23.3 Å². The quantitative estimate of drug-likeness (QED) is 0.201. The van der Waals surface area contributed by atoms with Crippen LogP contribution >= 0.6 is 0 Å². The Morgan fingerprint density at radius 2 is 1.47 bits per heavy atom. The van der Waals surface area contributed by atoms with E-state index in [9.17, 15) is 4.79 Å². The minimum absolute atomic E-state index is 0.0346. The van der Waals surface area contributed by atoms with Crippen molar-refractivity contribution in [3.63, 3.8) is 0 Å². The van der Waals surface area contributed by atoms with E-state index in [2.05, 4.69) is 53.7 Å². The maximum Gasteiger partial charge on any atom is 0.413 e. The van der Waals surface area contributed by atoms with Crippen molar-refractivity contribution in [3.05, 3.63) is 23.3 Å². The lowest BCUT2D eigenvalue weighted by molar-refractivity contribution is -0.468. The Bertz CT molecular complexity index is 555. The topological polar surface area (TPSA) is 74.2 Å². The summed E-state index contributed by atoms with van der Waals surface area (Å²) in [5, 5.41) is 8.95. The average molecular weight is 455 g/mol. The van der Waals surface area contributed by atoms with Crippen molar-refractivity contribution in [2.75, 3.05) is 19.8 Å². The van der Waals surface area contributed by atoms with Gasteiger partial charge in [0, 0.05) is 6.42 Å². The smallest absolute Gasteiger partial charge is 0.413 e. The van der Waals surface area contributed by atoms with Crippen molar-refractivity contribution < 1.29 is 28.8 Å². The predicted octanol–water partition coefficient (Wildman–Crippen LogP) is 6.46. The van der Waals surface area contributed by atoms with Gasteiger partial charge < -0.3 is 19.3 Å².